The molecule has 0 N–H and O–H groups in total. The Labute approximate surface area is 153 Å². The molecule has 2 heterocycles. The van der Waals surface area contributed by atoms with Crippen molar-refractivity contribution in [3.8, 4) is 22.6 Å². The molecule has 7 heteroatoms. The molecule has 0 amide bonds. The summed E-state index contributed by atoms with van der Waals surface area (Å²) in [6.45, 7) is 0. The van der Waals surface area contributed by atoms with Crippen molar-refractivity contribution in [2.45, 2.75) is 10.8 Å². The summed E-state index contributed by atoms with van der Waals surface area (Å²) in [5.41, 5.74) is 1.83. The summed E-state index contributed by atoms with van der Waals surface area (Å²) in [5, 5.41) is 12.9. The molecule has 0 bridgehead atoms. The highest BCUT2D eigenvalue weighted by atomic mass is 32.2. The normalized spacial score (nSPS) is 10.8. The quantitative estimate of drug-likeness (QED) is 0.481. The van der Waals surface area contributed by atoms with Crippen LogP contribution in [0.5, 0.6) is 0 Å². The lowest BCUT2D eigenvalue weighted by Gasteiger charge is -2.02. The number of hydrogen-bond acceptors (Lipinski definition) is 6. The SMILES string of the molecule is Fc1ccccc1-c1ccc(SCc2nc(-c3ccccc3)no2)nn1. The highest BCUT2D eigenvalue weighted by Gasteiger charge is 2.10. The minimum absolute atomic E-state index is 0.318. The number of hydrogen-bond donors (Lipinski definition) is 0. The smallest absolute Gasteiger partial charge is 0.237 e. The van der Waals surface area contributed by atoms with Crippen molar-refractivity contribution in [3.05, 3.63) is 78.4 Å². The third-order valence-electron chi connectivity index (χ3n) is 3.63. The van der Waals surface area contributed by atoms with E-state index in [-0.39, 0.29) is 5.82 Å². The molecule has 26 heavy (non-hydrogen) atoms. The van der Waals surface area contributed by atoms with Gasteiger partial charge in [-0.3, -0.25) is 0 Å². The van der Waals surface area contributed by atoms with Crippen LogP contribution in [0.4, 0.5) is 4.39 Å². The Hall–Kier alpha value is -3.06. The number of benzene rings is 2. The van der Waals surface area contributed by atoms with Crippen molar-refractivity contribution >= 4 is 11.8 Å². The van der Waals surface area contributed by atoms with Gasteiger partial charge in [0.05, 0.1) is 11.4 Å². The van der Waals surface area contributed by atoms with Crippen LogP contribution in [0.15, 0.2) is 76.3 Å². The fourth-order valence-electron chi connectivity index (χ4n) is 2.36. The van der Waals surface area contributed by atoms with Crippen molar-refractivity contribution in [1.82, 2.24) is 20.3 Å². The summed E-state index contributed by atoms with van der Waals surface area (Å²) in [7, 11) is 0. The molecule has 0 unspecified atom stereocenters. The Morgan fingerprint density at radius 2 is 1.69 bits per heavy atom. The summed E-state index contributed by atoms with van der Waals surface area (Å²) < 4.78 is 19.1. The molecule has 2 aromatic carbocycles. The first-order valence-corrected chi connectivity index (χ1v) is 8.87. The minimum Gasteiger partial charge on any atom is -0.338 e. The van der Waals surface area contributed by atoms with E-state index in [1.54, 1.807) is 30.3 Å². The molecule has 0 atom stereocenters. The van der Waals surface area contributed by atoms with Gasteiger partial charge in [0.1, 0.15) is 10.8 Å². The van der Waals surface area contributed by atoms with Gasteiger partial charge in [0.2, 0.25) is 11.7 Å². The maximum Gasteiger partial charge on any atom is 0.237 e. The van der Waals surface area contributed by atoms with Gasteiger partial charge in [-0.1, -0.05) is 59.4 Å². The third kappa shape index (κ3) is 3.62. The van der Waals surface area contributed by atoms with Crippen molar-refractivity contribution in [2.75, 3.05) is 0 Å². The van der Waals surface area contributed by atoms with Gasteiger partial charge < -0.3 is 4.52 Å². The van der Waals surface area contributed by atoms with Crippen LogP contribution in [0, 0.1) is 5.82 Å². The van der Waals surface area contributed by atoms with Crippen LogP contribution < -0.4 is 0 Å². The Morgan fingerprint density at radius 1 is 0.885 bits per heavy atom. The van der Waals surface area contributed by atoms with Crippen LogP contribution in [-0.2, 0) is 5.75 Å². The summed E-state index contributed by atoms with van der Waals surface area (Å²) in [6, 6.07) is 19.7. The largest absolute Gasteiger partial charge is 0.338 e. The predicted octanol–water partition coefficient (Wildman–Crippen LogP) is 4.63. The van der Waals surface area contributed by atoms with E-state index in [2.05, 4.69) is 20.3 Å². The lowest BCUT2D eigenvalue weighted by molar-refractivity contribution is 0.391. The van der Waals surface area contributed by atoms with Gasteiger partial charge in [0, 0.05) is 11.1 Å². The molecule has 0 saturated carbocycles. The van der Waals surface area contributed by atoms with Crippen molar-refractivity contribution in [1.29, 1.82) is 0 Å². The summed E-state index contributed by atoms with van der Waals surface area (Å²) in [6.07, 6.45) is 0. The summed E-state index contributed by atoms with van der Waals surface area (Å²) in [5.74, 6) is 1.23. The van der Waals surface area contributed by atoms with E-state index in [1.165, 1.54) is 17.8 Å². The first kappa shape index (κ1) is 16.4. The van der Waals surface area contributed by atoms with Gasteiger partial charge in [-0.05, 0) is 24.3 Å². The van der Waals surface area contributed by atoms with Gasteiger partial charge in [-0.15, -0.1) is 10.2 Å². The van der Waals surface area contributed by atoms with Crippen molar-refractivity contribution in [3.63, 3.8) is 0 Å². The molecule has 0 spiro atoms. The van der Waals surface area contributed by atoms with Gasteiger partial charge in [-0.25, -0.2) is 4.39 Å². The van der Waals surface area contributed by atoms with E-state index in [4.69, 9.17) is 4.52 Å². The van der Waals surface area contributed by atoms with E-state index < -0.39 is 0 Å². The molecule has 4 rings (SSSR count). The number of nitrogens with zero attached hydrogens (tertiary/aromatic N) is 4. The molecule has 0 aliphatic heterocycles. The van der Waals surface area contributed by atoms with Gasteiger partial charge in [0.25, 0.3) is 0 Å². The van der Waals surface area contributed by atoms with Crippen LogP contribution in [-0.4, -0.2) is 20.3 Å². The van der Waals surface area contributed by atoms with Crippen LogP contribution >= 0.6 is 11.8 Å². The van der Waals surface area contributed by atoms with E-state index in [1.807, 2.05) is 30.3 Å². The Kier molecular flexibility index (Phi) is 4.70. The number of halogens is 1. The van der Waals surface area contributed by atoms with Crippen LogP contribution in [0.1, 0.15) is 5.89 Å². The van der Waals surface area contributed by atoms with Gasteiger partial charge in [-0.2, -0.15) is 4.98 Å². The van der Waals surface area contributed by atoms with Crippen LogP contribution in [0.25, 0.3) is 22.6 Å². The molecule has 0 fully saturated rings. The third-order valence-corrected chi connectivity index (χ3v) is 4.54. The lowest BCUT2D eigenvalue weighted by Crippen LogP contribution is -1.92. The second-order valence-corrected chi connectivity index (χ2v) is 6.40. The number of thioether (sulfide) groups is 1. The average Bonchev–Trinajstić information content (AvgIpc) is 3.17. The summed E-state index contributed by atoms with van der Waals surface area (Å²) in [4.78, 5) is 4.38. The summed E-state index contributed by atoms with van der Waals surface area (Å²) >= 11 is 1.43. The standard InChI is InChI=1S/C19H13FN4OS/c20-15-9-5-4-8-14(15)16-10-11-18(23-22-16)26-12-17-21-19(24-25-17)13-6-2-1-3-7-13/h1-11H,12H2. The Morgan fingerprint density at radius 3 is 2.46 bits per heavy atom. The average molecular weight is 364 g/mol. The van der Waals surface area contributed by atoms with Gasteiger partial charge in [0.15, 0.2) is 0 Å². The fourth-order valence-corrected chi connectivity index (χ4v) is 3.01. The zero-order valence-corrected chi connectivity index (χ0v) is 14.4. The van der Waals surface area contributed by atoms with E-state index in [0.29, 0.717) is 33.8 Å². The molecule has 5 nitrogen and oxygen atoms in total. The van der Waals surface area contributed by atoms with E-state index in [9.17, 15) is 4.39 Å². The monoisotopic (exact) mass is 364 g/mol. The second-order valence-electron chi connectivity index (χ2n) is 5.40. The van der Waals surface area contributed by atoms with Crippen LogP contribution in [0.3, 0.4) is 0 Å². The molecule has 0 aliphatic carbocycles. The first-order valence-electron chi connectivity index (χ1n) is 7.89. The maximum atomic E-state index is 13.8. The van der Waals surface area contributed by atoms with Crippen molar-refractivity contribution < 1.29 is 8.91 Å². The lowest BCUT2D eigenvalue weighted by atomic mass is 10.1. The van der Waals surface area contributed by atoms with E-state index in [0.717, 1.165) is 5.56 Å². The number of aromatic nitrogens is 4. The molecule has 0 aliphatic rings. The predicted molar refractivity (Wildman–Crippen MR) is 96.7 cm³/mol. The molecule has 0 saturated heterocycles. The molecular weight excluding hydrogens is 351 g/mol. The van der Waals surface area contributed by atoms with E-state index >= 15 is 0 Å². The molecule has 4 aromatic rings. The Bertz CT molecular complexity index is 1010. The molecule has 0 radical (unpaired) electrons. The highest BCUT2D eigenvalue weighted by Crippen LogP contribution is 2.24. The fraction of sp³-hybridized carbons (Fsp3) is 0.0526. The van der Waals surface area contributed by atoms with Crippen LogP contribution in [0.2, 0.25) is 0 Å². The second kappa shape index (κ2) is 7.45. The zero-order chi connectivity index (χ0) is 17.8. The van der Waals surface area contributed by atoms with Crippen molar-refractivity contribution in [2.24, 2.45) is 0 Å². The van der Waals surface area contributed by atoms with Gasteiger partial charge >= 0.3 is 0 Å². The topological polar surface area (TPSA) is 64.7 Å². The maximum absolute atomic E-state index is 13.8. The minimum atomic E-state index is -0.318. The zero-order valence-electron chi connectivity index (χ0n) is 13.5. The highest BCUT2D eigenvalue weighted by molar-refractivity contribution is 7.98. The number of rotatable bonds is 5. The molecule has 128 valence electrons. The Balaban J connectivity index is 1.43. The molecule has 2 aromatic heterocycles. The molecular formula is C19H13FN4OS. The first-order chi connectivity index (χ1) is 12.8.